The van der Waals surface area contributed by atoms with E-state index in [0.29, 0.717) is 11.6 Å². The predicted molar refractivity (Wildman–Crippen MR) is 102 cm³/mol. The first kappa shape index (κ1) is 20.1. The Hall–Kier alpha value is -3.22. The minimum atomic E-state index is -1.05. The van der Waals surface area contributed by atoms with E-state index in [1.54, 1.807) is 12.1 Å². The number of carbonyl (C=O) groups excluding carboxylic acids is 2. The van der Waals surface area contributed by atoms with Crippen molar-refractivity contribution in [3.05, 3.63) is 69.3 Å². The van der Waals surface area contributed by atoms with Crippen molar-refractivity contribution < 1.29 is 19.2 Å². The molecule has 0 saturated carbocycles. The van der Waals surface area contributed by atoms with E-state index in [9.17, 15) is 19.7 Å². The van der Waals surface area contributed by atoms with Crippen molar-refractivity contribution in [2.75, 3.05) is 5.32 Å². The maximum atomic E-state index is 12.3. The van der Waals surface area contributed by atoms with Gasteiger partial charge in [0.1, 0.15) is 0 Å². The molecule has 0 saturated heterocycles. The third-order valence-electron chi connectivity index (χ3n) is 4.22. The molecule has 0 aliphatic carbocycles. The Kier molecular flexibility index (Phi) is 6.28. The summed E-state index contributed by atoms with van der Waals surface area (Å²) in [6.45, 7) is 7.06. The Morgan fingerprint density at radius 1 is 1.07 bits per heavy atom. The van der Waals surface area contributed by atoms with E-state index < -0.39 is 22.9 Å². The summed E-state index contributed by atoms with van der Waals surface area (Å²) in [6.07, 6.45) is -1.05. The van der Waals surface area contributed by atoms with Crippen LogP contribution >= 0.6 is 0 Å². The molecule has 7 nitrogen and oxygen atoms in total. The zero-order chi connectivity index (χ0) is 20.1. The molecule has 1 N–H and O–H groups in total. The Balaban J connectivity index is 2.04. The molecule has 0 radical (unpaired) electrons. The molecule has 7 heteroatoms. The van der Waals surface area contributed by atoms with Gasteiger partial charge in [0.15, 0.2) is 6.10 Å². The summed E-state index contributed by atoms with van der Waals surface area (Å²) in [5.74, 6) is -0.884. The topological polar surface area (TPSA) is 98.5 Å². The largest absolute Gasteiger partial charge is 0.449 e. The molecule has 142 valence electrons. The van der Waals surface area contributed by atoms with Crippen molar-refractivity contribution in [2.45, 2.75) is 39.7 Å². The van der Waals surface area contributed by atoms with Gasteiger partial charge in [-0.25, -0.2) is 4.79 Å². The van der Waals surface area contributed by atoms with Gasteiger partial charge in [0.05, 0.1) is 10.5 Å². The number of nitrogens with zero attached hydrogens (tertiary/aromatic N) is 1. The van der Waals surface area contributed by atoms with Crippen LogP contribution in [0.3, 0.4) is 0 Å². The summed E-state index contributed by atoms with van der Waals surface area (Å²) in [5, 5.41) is 13.7. The number of rotatable bonds is 6. The van der Waals surface area contributed by atoms with Crippen LogP contribution in [0.1, 0.15) is 48.2 Å². The van der Waals surface area contributed by atoms with E-state index in [2.05, 4.69) is 19.2 Å². The van der Waals surface area contributed by atoms with E-state index in [1.807, 2.05) is 12.1 Å². The normalized spacial score (nSPS) is 11.7. The Morgan fingerprint density at radius 2 is 1.70 bits per heavy atom. The summed E-state index contributed by atoms with van der Waals surface area (Å²) in [5.41, 5.74) is 1.83. The molecule has 0 bridgehead atoms. The van der Waals surface area contributed by atoms with Crippen LogP contribution in [0.5, 0.6) is 0 Å². The maximum Gasteiger partial charge on any atom is 0.339 e. The number of anilines is 1. The van der Waals surface area contributed by atoms with Gasteiger partial charge in [-0.3, -0.25) is 14.9 Å². The Labute approximate surface area is 157 Å². The van der Waals surface area contributed by atoms with Gasteiger partial charge in [0.2, 0.25) is 0 Å². The van der Waals surface area contributed by atoms with Gasteiger partial charge < -0.3 is 10.1 Å². The lowest BCUT2D eigenvalue weighted by Crippen LogP contribution is -2.30. The van der Waals surface area contributed by atoms with Crippen LogP contribution in [0.25, 0.3) is 0 Å². The molecule has 0 heterocycles. The second-order valence-electron chi connectivity index (χ2n) is 6.52. The molecule has 27 heavy (non-hydrogen) atoms. The summed E-state index contributed by atoms with van der Waals surface area (Å²) in [4.78, 5) is 35.0. The first-order valence-corrected chi connectivity index (χ1v) is 8.56. The average molecular weight is 370 g/mol. The number of nitro groups is 1. The summed E-state index contributed by atoms with van der Waals surface area (Å²) >= 11 is 0. The second kappa shape index (κ2) is 8.44. The molecule has 0 aliphatic heterocycles. The summed E-state index contributed by atoms with van der Waals surface area (Å²) < 4.78 is 5.17. The van der Waals surface area contributed by atoms with Crippen molar-refractivity contribution in [1.29, 1.82) is 0 Å². The van der Waals surface area contributed by atoms with Crippen LogP contribution in [0.15, 0.2) is 42.5 Å². The molecular weight excluding hydrogens is 348 g/mol. The number of ether oxygens (including phenoxy) is 1. The standard InChI is InChI=1S/C20H22N2O5/c1-12(2)15-8-10-16(11-9-15)21-19(23)14(4)27-20(24)17-6-5-7-18(13(17)3)22(25)26/h5-12,14H,1-4H3,(H,21,23)/t14-/m1/s1. The number of hydrogen-bond donors (Lipinski definition) is 1. The third-order valence-corrected chi connectivity index (χ3v) is 4.22. The zero-order valence-electron chi connectivity index (χ0n) is 15.7. The van der Waals surface area contributed by atoms with Gasteiger partial charge >= 0.3 is 5.97 Å². The number of benzene rings is 2. The first-order chi connectivity index (χ1) is 12.7. The van der Waals surface area contributed by atoms with Gasteiger partial charge in [-0.2, -0.15) is 0 Å². The quantitative estimate of drug-likeness (QED) is 0.466. The molecular formula is C20H22N2O5. The van der Waals surface area contributed by atoms with Gasteiger partial charge in [-0.1, -0.05) is 32.0 Å². The van der Waals surface area contributed by atoms with Crippen molar-refractivity contribution >= 4 is 23.3 Å². The van der Waals surface area contributed by atoms with Crippen LogP contribution in [0.4, 0.5) is 11.4 Å². The minimum absolute atomic E-state index is 0.0603. The maximum absolute atomic E-state index is 12.3. The number of carbonyl (C=O) groups is 2. The minimum Gasteiger partial charge on any atom is -0.449 e. The molecule has 1 amide bonds. The fraction of sp³-hybridized carbons (Fsp3) is 0.300. The highest BCUT2D eigenvalue weighted by Gasteiger charge is 2.23. The Morgan fingerprint density at radius 3 is 2.26 bits per heavy atom. The molecule has 0 spiro atoms. The predicted octanol–water partition coefficient (Wildman–Crippen LogP) is 4.21. The summed E-state index contributed by atoms with van der Waals surface area (Å²) in [7, 11) is 0. The average Bonchev–Trinajstić information content (AvgIpc) is 2.61. The lowest BCUT2D eigenvalue weighted by Gasteiger charge is -2.15. The van der Waals surface area contributed by atoms with Crippen LogP contribution in [0.2, 0.25) is 0 Å². The van der Waals surface area contributed by atoms with Crippen molar-refractivity contribution in [1.82, 2.24) is 0 Å². The number of hydrogen-bond acceptors (Lipinski definition) is 5. The summed E-state index contributed by atoms with van der Waals surface area (Å²) in [6, 6.07) is 11.6. The molecule has 0 fully saturated rings. The smallest absolute Gasteiger partial charge is 0.339 e. The van der Waals surface area contributed by atoms with Crippen LogP contribution in [-0.2, 0) is 9.53 Å². The molecule has 2 aromatic rings. The molecule has 2 aromatic carbocycles. The van der Waals surface area contributed by atoms with E-state index >= 15 is 0 Å². The number of nitro benzene ring substituents is 1. The van der Waals surface area contributed by atoms with Crippen molar-refractivity contribution in [2.24, 2.45) is 0 Å². The lowest BCUT2D eigenvalue weighted by atomic mass is 10.0. The van der Waals surface area contributed by atoms with E-state index in [1.165, 1.54) is 32.0 Å². The second-order valence-corrected chi connectivity index (χ2v) is 6.52. The van der Waals surface area contributed by atoms with E-state index in [4.69, 9.17) is 4.74 Å². The SMILES string of the molecule is Cc1c(C(=O)O[C@H](C)C(=O)Nc2ccc(C(C)C)cc2)cccc1[N+](=O)[O-]. The lowest BCUT2D eigenvalue weighted by molar-refractivity contribution is -0.385. The third kappa shape index (κ3) is 4.91. The Bertz CT molecular complexity index is 859. The molecule has 0 unspecified atom stereocenters. The van der Waals surface area contributed by atoms with Crippen molar-refractivity contribution in [3.8, 4) is 0 Å². The molecule has 2 rings (SSSR count). The van der Waals surface area contributed by atoms with Crippen LogP contribution in [-0.4, -0.2) is 22.9 Å². The molecule has 1 atom stereocenters. The highest BCUT2D eigenvalue weighted by Crippen LogP contribution is 2.22. The number of esters is 1. The van der Waals surface area contributed by atoms with E-state index in [-0.39, 0.29) is 16.8 Å². The van der Waals surface area contributed by atoms with E-state index in [0.717, 1.165) is 5.56 Å². The highest BCUT2D eigenvalue weighted by atomic mass is 16.6. The fourth-order valence-electron chi connectivity index (χ4n) is 2.52. The highest BCUT2D eigenvalue weighted by molar-refractivity contribution is 5.98. The van der Waals surface area contributed by atoms with Gasteiger partial charge in [0, 0.05) is 17.3 Å². The van der Waals surface area contributed by atoms with Gasteiger partial charge in [-0.15, -0.1) is 0 Å². The van der Waals surface area contributed by atoms with Crippen LogP contribution < -0.4 is 5.32 Å². The zero-order valence-corrected chi connectivity index (χ0v) is 15.7. The monoisotopic (exact) mass is 370 g/mol. The number of nitrogens with one attached hydrogen (secondary N) is 1. The van der Waals surface area contributed by atoms with Crippen LogP contribution in [0, 0.1) is 17.0 Å². The number of amides is 1. The van der Waals surface area contributed by atoms with Gasteiger partial charge in [-0.05, 0) is 43.5 Å². The van der Waals surface area contributed by atoms with Crippen molar-refractivity contribution in [3.63, 3.8) is 0 Å². The fourth-order valence-corrected chi connectivity index (χ4v) is 2.52. The van der Waals surface area contributed by atoms with Gasteiger partial charge in [0.25, 0.3) is 11.6 Å². The molecule has 0 aromatic heterocycles. The molecule has 0 aliphatic rings. The first-order valence-electron chi connectivity index (χ1n) is 8.56.